The predicted molar refractivity (Wildman–Crippen MR) is 261 cm³/mol. The smallest absolute Gasteiger partial charge is 0.216 e. The van der Waals surface area contributed by atoms with Gasteiger partial charge in [-0.1, -0.05) is 148 Å². The van der Waals surface area contributed by atoms with E-state index in [0.717, 1.165) is 77.6 Å². The van der Waals surface area contributed by atoms with Crippen molar-refractivity contribution in [3.8, 4) is 50.6 Å². The third-order valence-corrected chi connectivity index (χ3v) is 12.9. The second-order valence-corrected chi connectivity index (χ2v) is 21.9. The maximum absolute atomic E-state index is 8.59. The molecule has 0 aliphatic heterocycles. The van der Waals surface area contributed by atoms with Gasteiger partial charge in [-0.2, -0.15) is 0 Å². The SMILES string of the molecule is Cc1ccc2c(n1)oc1c(-c3nc4ccccc4n3-c3cc(-c4ccccc4)ccc3-c3ccccc3)[c-]ccc12.[2H]C([2H])([2H])c1c[c-]c(-c2cc(C([2H])([2H])C(C)C)c([Si](C)(C)C)cn2)cc1.[Ir]. The Hall–Kier alpha value is -6.24. The molecule has 0 bridgehead atoms. The van der Waals surface area contributed by atoms with Crippen molar-refractivity contribution < 1.29 is 31.4 Å². The van der Waals surface area contributed by atoms with E-state index < -0.39 is 21.3 Å². The molecule has 10 rings (SSSR count). The molecule has 10 aromatic rings. The fraction of sp³-hybridized carbons (Fsp3) is 0.161. The molecule has 0 amide bonds. The Morgan fingerprint density at radius 1 is 0.762 bits per heavy atom. The van der Waals surface area contributed by atoms with Gasteiger partial charge >= 0.3 is 0 Å². The summed E-state index contributed by atoms with van der Waals surface area (Å²) in [5, 5.41) is 3.00. The average molecular weight is 1020 g/mol. The van der Waals surface area contributed by atoms with Gasteiger partial charge in [0.05, 0.1) is 30.5 Å². The van der Waals surface area contributed by atoms with Gasteiger partial charge in [-0.15, -0.1) is 53.6 Å². The van der Waals surface area contributed by atoms with Crippen molar-refractivity contribution in [3.63, 3.8) is 0 Å². The fourth-order valence-corrected chi connectivity index (χ4v) is 9.33. The molecule has 1 radical (unpaired) electrons. The van der Waals surface area contributed by atoms with Crippen LogP contribution in [0.5, 0.6) is 0 Å². The first-order valence-electron chi connectivity index (χ1n) is 23.5. The van der Waals surface area contributed by atoms with Crippen LogP contribution in [0.25, 0.3) is 83.7 Å². The van der Waals surface area contributed by atoms with Crippen molar-refractivity contribution in [2.24, 2.45) is 5.92 Å². The third kappa shape index (κ3) is 9.01. The van der Waals surface area contributed by atoms with Crippen molar-refractivity contribution in [3.05, 3.63) is 187 Å². The molecule has 0 atom stereocenters. The predicted octanol–water partition coefficient (Wildman–Crippen LogP) is 14.0. The number of rotatable bonds is 8. The number of pyridine rings is 2. The molecule has 0 aliphatic carbocycles. The summed E-state index contributed by atoms with van der Waals surface area (Å²) in [6, 6.07) is 57.0. The van der Waals surface area contributed by atoms with Gasteiger partial charge in [0.2, 0.25) is 5.71 Å². The van der Waals surface area contributed by atoms with Crippen LogP contribution in [0.15, 0.2) is 162 Å². The average Bonchev–Trinajstić information content (AvgIpc) is 3.90. The summed E-state index contributed by atoms with van der Waals surface area (Å²) < 4.78 is 48.2. The van der Waals surface area contributed by atoms with E-state index in [4.69, 9.17) is 16.3 Å². The minimum Gasteiger partial charge on any atom is -0.486 e. The Labute approximate surface area is 392 Å². The van der Waals surface area contributed by atoms with Crippen molar-refractivity contribution in [2.45, 2.75) is 53.6 Å². The number of nitrogens with zero attached hydrogens (tertiary/aromatic N) is 4. The summed E-state index contributed by atoms with van der Waals surface area (Å²) in [5.74, 6) is 0.602. The second-order valence-electron chi connectivity index (χ2n) is 16.9. The molecular formula is C56H50IrN4OSi-2. The molecule has 0 fully saturated rings. The summed E-state index contributed by atoms with van der Waals surface area (Å²) in [4.78, 5) is 14.4. The summed E-state index contributed by atoms with van der Waals surface area (Å²) in [6.45, 7) is 10.1. The minimum atomic E-state index is -2.16. The normalized spacial score (nSPS) is 13.1. The van der Waals surface area contributed by atoms with E-state index in [1.807, 2.05) is 63.2 Å². The molecule has 0 aliphatic rings. The molecule has 0 saturated carbocycles. The Balaban J connectivity index is 0.000000202. The van der Waals surface area contributed by atoms with Crippen LogP contribution in [-0.2, 0) is 26.5 Å². The number of imidazole rings is 1. The van der Waals surface area contributed by atoms with Gasteiger partial charge < -0.3 is 14.0 Å². The van der Waals surface area contributed by atoms with E-state index in [2.05, 4.69) is 137 Å². The van der Waals surface area contributed by atoms with Crippen LogP contribution in [0.2, 0.25) is 19.6 Å². The topological polar surface area (TPSA) is 56.7 Å². The van der Waals surface area contributed by atoms with Crippen LogP contribution >= 0.6 is 0 Å². The quantitative estimate of drug-likeness (QED) is 0.112. The number of aromatic nitrogens is 4. The maximum atomic E-state index is 8.59. The van der Waals surface area contributed by atoms with Crippen molar-refractivity contribution >= 4 is 46.4 Å². The van der Waals surface area contributed by atoms with Gasteiger partial charge in [0.1, 0.15) is 0 Å². The molecule has 63 heavy (non-hydrogen) atoms. The Bertz CT molecular complexity index is 3400. The van der Waals surface area contributed by atoms with Crippen LogP contribution in [0.3, 0.4) is 0 Å². The summed E-state index contributed by atoms with van der Waals surface area (Å²) >= 11 is 0. The number of furan rings is 1. The first kappa shape index (κ1) is 37.3. The first-order valence-corrected chi connectivity index (χ1v) is 24.5. The molecule has 0 N–H and O–H groups in total. The van der Waals surface area contributed by atoms with E-state index in [0.29, 0.717) is 22.5 Å². The Morgan fingerprint density at radius 3 is 2.22 bits per heavy atom. The van der Waals surface area contributed by atoms with E-state index in [9.17, 15) is 0 Å². The number of aryl methyl sites for hydroxylation is 2. The van der Waals surface area contributed by atoms with Crippen molar-refractivity contribution in [1.82, 2.24) is 19.5 Å². The first-order chi connectivity index (χ1) is 32.0. The zero-order valence-electron chi connectivity index (χ0n) is 41.1. The zero-order valence-corrected chi connectivity index (χ0v) is 39.5. The number of hydrogen-bond acceptors (Lipinski definition) is 4. The fourth-order valence-electron chi connectivity index (χ4n) is 7.92. The van der Waals surface area contributed by atoms with Crippen molar-refractivity contribution in [2.75, 3.05) is 0 Å². The molecule has 4 heterocycles. The maximum Gasteiger partial charge on any atom is 0.216 e. The van der Waals surface area contributed by atoms with Crippen LogP contribution in [-0.4, -0.2) is 27.6 Å². The molecule has 6 aromatic carbocycles. The third-order valence-electron chi connectivity index (χ3n) is 10.9. The van der Waals surface area contributed by atoms with Gasteiger partial charge in [0.25, 0.3) is 0 Å². The van der Waals surface area contributed by atoms with E-state index in [1.54, 1.807) is 18.3 Å². The monoisotopic (exact) mass is 1020 g/mol. The Kier molecular flexibility index (Phi) is 10.8. The van der Waals surface area contributed by atoms with Crippen molar-refractivity contribution in [1.29, 1.82) is 0 Å². The van der Waals surface area contributed by atoms with Gasteiger partial charge in [-0.25, -0.2) is 4.98 Å². The van der Waals surface area contributed by atoms with Gasteiger partial charge in [-0.3, -0.25) is 4.98 Å². The van der Waals surface area contributed by atoms with Gasteiger partial charge in [0.15, 0.2) is 0 Å². The standard InChI is InChI=1S/C37H24N3O.C19H26NSi.Ir/c1-24-19-21-30-29-15-10-16-31(35(29)41-37(30)38-24)36-39-32-17-8-9-18-33(32)40(36)34-23-27(25-11-4-2-5-12-25)20-22-28(34)26-13-6-3-7-14-26;1-14(2)11-17-12-18(16-9-7-15(3)8-10-16)20-13-19(17)21(4,5)6;/h2-15,17-23H,1H3;7-9,12-14H,11H2,1-6H3;/q2*-1;/i;3D3,11D2;. The number of fused-ring (bicyclic) bond motifs is 4. The summed E-state index contributed by atoms with van der Waals surface area (Å²) in [7, 11) is -1.78. The van der Waals surface area contributed by atoms with Crippen LogP contribution in [0.4, 0.5) is 0 Å². The number of benzene rings is 6. The molecule has 315 valence electrons. The molecule has 7 heteroatoms. The largest absolute Gasteiger partial charge is 0.486 e. The van der Waals surface area contributed by atoms with Crippen LogP contribution < -0.4 is 5.19 Å². The minimum absolute atomic E-state index is 0. The number of hydrogen-bond donors (Lipinski definition) is 0. The molecule has 5 nitrogen and oxygen atoms in total. The van der Waals surface area contributed by atoms with Crippen LogP contribution in [0.1, 0.15) is 37.5 Å². The van der Waals surface area contributed by atoms with Gasteiger partial charge in [0, 0.05) is 55.5 Å². The van der Waals surface area contributed by atoms with Gasteiger partial charge in [-0.05, 0) is 77.1 Å². The molecular weight excluding hydrogens is 965 g/mol. The molecule has 0 unspecified atom stereocenters. The van der Waals surface area contributed by atoms with E-state index in [1.165, 1.54) is 6.07 Å². The van der Waals surface area contributed by atoms with Crippen LogP contribution in [0, 0.1) is 31.8 Å². The number of para-hydroxylation sites is 2. The molecule has 0 spiro atoms. The molecule has 0 saturated heterocycles. The zero-order chi connectivity index (χ0) is 47.3. The Morgan fingerprint density at radius 2 is 1.51 bits per heavy atom. The summed E-state index contributed by atoms with van der Waals surface area (Å²) in [5.41, 5.74) is 12.8. The summed E-state index contributed by atoms with van der Waals surface area (Å²) in [6.07, 6.45) is 0.328. The van der Waals surface area contributed by atoms with E-state index in [-0.39, 0.29) is 31.6 Å². The van der Waals surface area contributed by atoms with E-state index >= 15 is 0 Å². The second kappa shape index (κ2) is 18.2. The molecule has 4 aromatic heterocycles.